The van der Waals surface area contributed by atoms with Crippen molar-refractivity contribution in [2.75, 3.05) is 7.11 Å². The molecule has 0 aromatic heterocycles. The topological polar surface area (TPSA) is 64.6 Å². The highest BCUT2D eigenvalue weighted by molar-refractivity contribution is 7.84. The lowest BCUT2D eigenvalue weighted by molar-refractivity contribution is -0.142. The Morgan fingerprint density at radius 1 is 1.42 bits per heavy atom. The molecule has 0 saturated heterocycles. The Hall–Kier alpha value is -1.03. The third-order valence-corrected chi connectivity index (χ3v) is 4.30. The van der Waals surface area contributed by atoms with E-state index in [1.165, 1.54) is 14.0 Å². The second-order valence-corrected chi connectivity index (χ2v) is 6.88. The van der Waals surface area contributed by atoms with E-state index in [4.69, 9.17) is 15.8 Å². The summed E-state index contributed by atoms with van der Waals surface area (Å²) < 4.78 is 21.9. The molecule has 0 fully saturated rings. The minimum atomic E-state index is -3.66. The van der Waals surface area contributed by atoms with Crippen molar-refractivity contribution >= 4 is 24.1 Å². The zero-order valence-corrected chi connectivity index (χ0v) is 12.9. The molecule has 0 radical (unpaired) electrons. The van der Waals surface area contributed by atoms with E-state index < -0.39 is 18.9 Å². The van der Waals surface area contributed by atoms with Gasteiger partial charge in [-0.3, -0.25) is 4.79 Å². The lowest BCUT2D eigenvalue weighted by Gasteiger charge is -2.19. The molecule has 0 spiro atoms. The van der Waals surface area contributed by atoms with Crippen LogP contribution in [0.4, 0.5) is 0 Å². The third-order valence-electron chi connectivity index (χ3n) is 2.67. The zero-order valence-electron chi connectivity index (χ0n) is 11.3. The lowest BCUT2D eigenvalue weighted by atomic mass is 10.1. The fraction of sp³-hybridized carbons (Fsp3) is 0.417. The molecular formula is C12H17ClNO4P. The van der Waals surface area contributed by atoms with Crippen molar-refractivity contribution in [3.63, 3.8) is 0 Å². The lowest BCUT2D eigenvalue weighted by Crippen LogP contribution is -2.32. The molecule has 0 saturated carbocycles. The summed E-state index contributed by atoms with van der Waals surface area (Å²) in [6.07, 6.45) is 0. The summed E-state index contributed by atoms with van der Waals surface area (Å²) in [7, 11) is 1.24. The maximum absolute atomic E-state index is 12.1. The van der Waals surface area contributed by atoms with E-state index in [-0.39, 0.29) is 0 Å². The zero-order chi connectivity index (χ0) is 14.6. The van der Waals surface area contributed by atoms with Gasteiger partial charge < -0.3 is 9.26 Å². The van der Waals surface area contributed by atoms with Crippen LogP contribution in [0.5, 0.6) is 5.75 Å². The first kappa shape index (κ1) is 16.0. The van der Waals surface area contributed by atoms with Crippen molar-refractivity contribution in [2.24, 2.45) is 0 Å². The van der Waals surface area contributed by atoms with Crippen LogP contribution in [0.3, 0.4) is 0 Å². The quantitative estimate of drug-likeness (QED) is 0.668. The number of carbonyl (C=O) groups is 1. The van der Waals surface area contributed by atoms with Gasteiger partial charge in [0.05, 0.1) is 7.11 Å². The average Bonchev–Trinajstić information content (AvgIpc) is 2.33. The summed E-state index contributed by atoms with van der Waals surface area (Å²) in [4.78, 5) is 11.2. The van der Waals surface area contributed by atoms with E-state index in [0.717, 1.165) is 11.1 Å². The second-order valence-electron chi connectivity index (χ2n) is 4.14. The molecule has 0 amide bonds. The summed E-state index contributed by atoms with van der Waals surface area (Å²) in [6, 6.07) is 4.53. The van der Waals surface area contributed by atoms with Crippen LogP contribution in [0.25, 0.3) is 0 Å². The van der Waals surface area contributed by atoms with Gasteiger partial charge in [0, 0.05) is 11.2 Å². The summed E-state index contributed by atoms with van der Waals surface area (Å²) >= 11 is 5.81. The van der Waals surface area contributed by atoms with Crippen LogP contribution in [0.2, 0.25) is 0 Å². The summed E-state index contributed by atoms with van der Waals surface area (Å²) in [6.45, 7) is 1.58. The fourth-order valence-electron chi connectivity index (χ4n) is 1.44. The van der Waals surface area contributed by atoms with E-state index >= 15 is 0 Å². The van der Waals surface area contributed by atoms with Gasteiger partial charge in [0.2, 0.25) is 0 Å². The van der Waals surface area contributed by atoms with E-state index in [1.807, 2.05) is 19.9 Å². The first-order valence-electron chi connectivity index (χ1n) is 5.68. The molecule has 1 N–H and O–H groups in total. The van der Waals surface area contributed by atoms with E-state index in [2.05, 4.69) is 9.82 Å². The van der Waals surface area contributed by atoms with E-state index in [1.54, 1.807) is 12.1 Å². The Bertz CT molecular complexity index is 520. The van der Waals surface area contributed by atoms with Crippen LogP contribution in [-0.2, 0) is 14.1 Å². The Morgan fingerprint density at radius 3 is 2.63 bits per heavy atom. The monoisotopic (exact) mass is 305 g/mol. The van der Waals surface area contributed by atoms with Gasteiger partial charge >= 0.3 is 12.8 Å². The highest BCUT2D eigenvalue weighted by atomic mass is 35.7. The maximum atomic E-state index is 12.1. The SMILES string of the molecule is COC(=O)[C@H](C)NP(=O)(Cl)Oc1cccc(C)c1C. The predicted octanol–water partition coefficient (Wildman–Crippen LogP) is 3.18. The molecule has 1 rings (SSSR count). The number of aryl methyl sites for hydroxylation is 1. The van der Waals surface area contributed by atoms with Crippen LogP contribution in [0.15, 0.2) is 18.2 Å². The number of hydrogen-bond acceptors (Lipinski definition) is 4. The standard InChI is InChI=1S/C12H17ClNO4P/c1-8-6-5-7-11(9(8)2)18-19(13,16)14-10(3)12(15)17-4/h5-7,10H,1-4H3,(H,14,16)/t10-,19?/m0/s1. The summed E-state index contributed by atoms with van der Waals surface area (Å²) in [5.41, 5.74) is 1.84. The van der Waals surface area contributed by atoms with Crippen LogP contribution in [0.1, 0.15) is 18.1 Å². The predicted molar refractivity (Wildman–Crippen MR) is 74.6 cm³/mol. The molecule has 0 aliphatic carbocycles. The molecule has 0 aliphatic heterocycles. The highest BCUT2D eigenvalue weighted by Crippen LogP contribution is 2.49. The number of nitrogens with one attached hydrogen (secondary N) is 1. The molecule has 19 heavy (non-hydrogen) atoms. The smallest absolute Gasteiger partial charge is 0.409 e. The van der Waals surface area contributed by atoms with Gasteiger partial charge in [0.15, 0.2) is 0 Å². The van der Waals surface area contributed by atoms with Gasteiger partial charge in [-0.25, -0.2) is 9.65 Å². The number of halogens is 1. The Balaban J connectivity index is 2.82. The van der Waals surface area contributed by atoms with Crippen molar-refractivity contribution in [1.29, 1.82) is 0 Å². The van der Waals surface area contributed by atoms with E-state index in [9.17, 15) is 9.36 Å². The Morgan fingerprint density at radius 2 is 2.05 bits per heavy atom. The van der Waals surface area contributed by atoms with Crippen LogP contribution < -0.4 is 9.61 Å². The largest absolute Gasteiger partial charge is 0.468 e. The highest BCUT2D eigenvalue weighted by Gasteiger charge is 2.28. The summed E-state index contributed by atoms with van der Waals surface area (Å²) in [5, 5.41) is 2.43. The van der Waals surface area contributed by atoms with Crippen molar-refractivity contribution in [2.45, 2.75) is 26.8 Å². The fourth-order valence-corrected chi connectivity index (χ4v) is 3.17. The number of ether oxygens (including phenoxy) is 1. The minimum absolute atomic E-state index is 0.419. The number of benzene rings is 1. The molecule has 5 nitrogen and oxygen atoms in total. The number of carbonyl (C=O) groups excluding carboxylic acids is 1. The van der Waals surface area contributed by atoms with Crippen molar-refractivity contribution in [1.82, 2.24) is 5.09 Å². The molecule has 2 atom stereocenters. The van der Waals surface area contributed by atoms with Crippen molar-refractivity contribution in [3.05, 3.63) is 29.3 Å². The third kappa shape index (κ3) is 4.53. The van der Waals surface area contributed by atoms with Gasteiger partial charge in [-0.2, -0.15) is 0 Å². The van der Waals surface area contributed by atoms with Crippen LogP contribution in [0, 0.1) is 13.8 Å². The Labute approximate surface area is 117 Å². The number of hydrogen-bond donors (Lipinski definition) is 1. The molecule has 106 valence electrons. The molecule has 1 unspecified atom stereocenters. The van der Waals surface area contributed by atoms with Crippen molar-refractivity contribution < 1.29 is 18.6 Å². The molecule has 1 aromatic carbocycles. The minimum Gasteiger partial charge on any atom is -0.468 e. The average molecular weight is 306 g/mol. The normalized spacial score (nSPS) is 15.4. The summed E-state index contributed by atoms with van der Waals surface area (Å²) in [5.74, 6) is -0.145. The maximum Gasteiger partial charge on any atom is 0.409 e. The van der Waals surface area contributed by atoms with Crippen LogP contribution in [-0.4, -0.2) is 19.1 Å². The number of methoxy groups -OCH3 is 1. The number of esters is 1. The molecule has 0 aliphatic rings. The second kappa shape index (κ2) is 6.42. The molecular weight excluding hydrogens is 289 g/mol. The first-order chi connectivity index (χ1) is 8.76. The van der Waals surface area contributed by atoms with Crippen LogP contribution >= 0.6 is 18.1 Å². The Kier molecular flexibility index (Phi) is 5.41. The molecule has 7 heteroatoms. The molecule has 0 bridgehead atoms. The molecule has 0 heterocycles. The number of rotatable bonds is 5. The van der Waals surface area contributed by atoms with Gasteiger partial charge in [-0.15, -0.1) is 0 Å². The van der Waals surface area contributed by atoms with Gasteiger partial charge in [-0.1, -0.05) is 12.1 Å². The van der Waals surface area contributed by atoms with Crippen molar-refractivity contribution in [3.8, 4) is 5.75 Å². The van der Waals surface area contributed by atoms with Gasteiger partial charge in [-0.05, 0) is 38.0 Å². The van der Waals surface area contributed by atoms with Gasteiger partial charge in [0.25, 0.3) is 0 Å². The van der Waals surface area contributed by atoms with E-state index in [0.29, 0.717) is 5.75 Å². The van der Waals surface area contributed by atoms with Gasteiger partial charge in [0.1, 0.15) is 11.8 Å². The first-order valence-corrected chi connectivity index (χ1v) is 8.21. The molecule has 1 aromatic rings.